The summed E-state index contributed by atoms with van der Waals surface area (Å²) < 4.78 is 26.6. The van der Waals surface area contributed by atoms with Crippen molar-refractivity contribution in [3.8, 4) is 28.3 Å². The molecule has 44 heavy (non-hydrogen) atoms. The van der Waals surface area contributed by atoms with Crippen LogP contribution in [0.25, 0.3) is 22.5 Å². The molecule has 0 radical (unpaired) electrons. The Bertz CT molecular complexity index is 1690. The third-order valence-corrected chi connectivity index (χ3v) is 10.1. The minimum absolute atomic E-state index is 0.0255. The maximum Gasteiger partial charge on any atom is 0.300 e. The van der Waals surface area contributed by atoms with Gasteiger partial charge >= 0.3 is 0 Å². The molecular formula is C34H40N4O5S. The molecule has 1 unspecified atom stereocenters. The number of nitrogens with zero attached hydrogens (tertiary/aromatic N) is 2. The quantitative estimate of drug-likeness (QED) is 0.147. The number of likely N-dealkylation sites (N-methyl/N-ethyl adjacent to an activating group) is 1. The van der Waals surface area contributed by atoms with Crippen LogP contribution in [0, 0.1) is 26.0 Å². The third kappa shape index (κ3) is 5.59. The number of H-pyrrole nitrogens is 1. The molecule has 232 valence electrons. The highest BCUT2D eigenvalue weighted by Gasteiger charge is 2.52. The number of amides is 1. The first-order valence-corrected chi connectivity index (χ1v) is 15.6. The van der Waals surface area contributed by atoms with Gasteiger partial charge < -0.3 is 24.6 Å². The van der Waals surface area contributed by atoms with Gasteiger partial charge in [-0.2, -0.15) is 0 Å². The molecule has 1 amide bonds. The topological polar surface area (TPSA) is 117 Å². The standard InChI is InChI=1S/C34H40N4O5S/c1-21-11-9-12-22(2)29(21)27-17-24(15-16-28(27)42-8)31-35-23(3)30(38(31)40)32(39)36-26-14-10-13-25(18-26)34(19-43-20-34)37(7)44(41)33(4,5)6/h9-18,35H,19-20H2,1-8H3,(H,36,39). The summed E-state index contributed by atoms with van der Waals surface area (Å²) >= 11 is -1.28. The van der Waals surface area contributed by atoms with Gasteiger partial charge in [-0.15, -0.1) is 4.31 Å². The van der Waals surface area contributed by atoms with Crippen molar-refractivity contribution in [2.75, 3.05) is 32.7 Å². The number of methoxy groups -OCH3 is 1. The molecule has 9 nitrogen and oxygen atoms in total. The largest absolute Gasteiger partial charge is 0.710 e. The van der Waals surface area contributed by atoms with Gasteiger partial charge in [0.05, 0.1) is 25.9 Å². The van der Waals surface area contributed by atoms with Gasteiger partial charge in [0, 0.05) is 36.6 Å². The van der Waals surface area contributed by atoms with Crippen molar-refractivity contribution in [3.63, 3.8) is 0 Å². The average molecular weight is 617 g/mol. The normalized spacial score (nSPS) is 15.1. The van der Waals surface area contributed by atoms with Crippen LogP contribution < -0.4 is 14.8 Å². The Hall–Kier alpha value is -3.83. The van der Waals surface area contributed by atoms with E-state index in [4.69, 9.17) is 9.47 Å². The zero-order chi connectivity index (χ0) is 32.0. The van der Waals surface area contributed by atoms with Crippen molar-refractivity contribution in [1.82, 2.24) is 9.29 Å². The highest BCUT2D eigenvalue weighted by Crippen LogP contribution is 2.41. The molecule has 1 atom stereocenters. The monoisotopic (exact) mass is 616 g/mol. The molecule has 4 aromatic rings. The Balaban J connectivity index is 1.45. The van der Waals surface area contributed by atoms with Crippen LogP contribution in [-0.2, 0) is 21.6 Å². The summed E-state index contributed by atoms with van der Waals surface area (Å²) in [7, 11) is 3.46. The molecule has 0 bridgehead atoms. The van der Waals surface area contributed by atoms with E-state index >= 15 is 0 Å². The molecule has 1 aromatic heterocycles. The van der Waals surface area contributed by atoms with Gasteiger partial charge in [0.2, 0.25) is 5.69 Å². The van der Waals surface area contributed by atoms with Gasteiger partial charge in [-0.25, -0.2) is 9.71 Å². The van der Waals surface area contributed by atoms with Crippen LogP contribution in [0.3, 0.4) is 0 Å². The van der Waals surface area contributed by atoms with Crippen LogP contribution in [-0.4, -0.2) is 51.9 Å². The second-order valence-corrected chi connectivity index (χ2v) is 14.6. The summed E-state index contributed by atoms with van der Waals surface area (Å²) in [6, 6.07) is 19.1. The van der Waals surface area contributed by atoms with E-state index in [-0.39, 0.29) is 11.5 Å². The van der Waals surface area contributed by atoms with E-state index in [1.807, 2.05) is 94.5 Å². The molecular weight excluding hydrogens is 576 g/mol. The van der Waals surface area contributed by atoms with Gasteiger partial charge in [-0.05, 0) is 87.2 Å². The summed E-state index contributed by atoms with van der Waals surface area (Å²) in [6.07, 6.45) is 0. The third-order valence-electron chi connectivity index (χ3n) is 8.22. The molecule has 2 N–H and O–H groups in total. The number of carbonyl (C=O) groups excluding carboxylic acids is 1. The number of aromatic nitrogens is 2. The average Bonchev–Trinajstić information content (AvgIpc) is 3.25. The van der Waals surface area contributed by atoms with E-state index in [0.29, 0.717) is 40.6 Å². The smallest absolute Gasteiger partial charge is 0.300 e. The van der Waals surface area contributed by atoms with Gasteiger partial charge in [0.25, 0.3) is 11.7 Å². The first-order valence-electron chi connectivity index (χ1n) is 14.5. The van der Waals surface area contributed by atoms with E-state index in [1.54, 1.807) is 26.2 Å². The minimum Gasteiger partial charge on any atom is -0.710 e. The highest BCUT2D eigenvalue weighted by molar-refractivity contribution is 7.90. The lowest BCUT2D eigenvalue weighted by Gasteiger charge is -2.48. The van der Waals surface area contributed by atoms with E-state index in [1.165, 1.54) is 0 Å². The molecule has 3 aromatic carbocycles. The van der Waals surface area contributed by atoms with Crippen LogP contribution in [0.1, 0.15) is 53.6 Å². The molecule has 1 saturated heterocycles. The number of anilines is 1. The predicted octanol–water partition coefficient (Wildman–Crippen LogP) is 5.79. The van der Waals surface area contributed by atoms with Crippen molar-refractivity contribution >= 4 is 23.0 Å². The zero-order valence-corrected chi connectivity index (χ0v) is 27.3. The second-order valence-electron chi connectivity index (χ2n) is 12.3. The number of aryl methyl sites for hydroxylation is 3. The second kappa shape index (κ2) is 11.9. The summed E-state index contributed by atoms with van der Waals surface area (Å²) in [5.41, 5.74) is 5.94. The fourth-order valence-electron chi connectivity index (χ4n) is 5.77. The van der Waals surface area contributed by atoms with Crippen LogP contribution >= 0.6 is 0 Å². The number of aromatic amines is 1. The van der Waals surface area contributed by atoms with Gasteiger partial charge in [-0.1, -0.05) is 30.3 Å². The summed E-state index contributed by atoms with van der Waals surface area (Å²) in [4.78, 5) is 16.7. The first kappa shape index (κ1) is 31.6. The Morgan fingerprint density at radius 2 is 1.73 bits per heavy atom. The summed E-state index contributed by atoms with van der Waals surface area (Å²) in [5.74, 6) is 0.413. The lowest BCUT2D eigenvalue weighted by molar-refractivity contribution is -0.594. The molecule has 1 fully saturated rings. The van der Waals surface area contributed by atoms with Crippen molar-refractivity contribution in [2.24, 2.45) is 0 Å². The van der Waals surface area contributed by atoms with Gasteiger partial charge in [0.15, 0.2) is 5.69 Å². The van der Waals surface area contributed by atoms with Crippen molar-refractivity contribution in [1.29, 1.82) is 0 Å². The molecule has 0 spiro atoms. The minimum atomic E-state index is -1.28. The Kier molecular flexibility index (Phi) is 8.56. The molecule has 1 aliphatic rings. The van der Waals surface area contributed by atoms with E-state index < -0.39 is 27.6 Å². The fraction of sp³-hybridized carbons (Fsp3) is 0.353. The lowest BCUT2D eigenvalue weighted by atomic mass is 9.88. The van der Waals surface area contributed by atoms with Crippen LogP contribution in [0.4, 0.5) is 5.69 Å². The number of imidazole rings is 1. The van der Waals surface area contributed by atoms with Crippen LogP contribution in [0.5, 0.6) is 5.75 Å². The number of hydrogen-bond acceptors (Lipinski definition) is 6. The van der Waals surface area contributed by atoms with Gasteiger partial charge in [-0.3, -0.25) is 4.79 Å². The molecule has 0 saturated carbocycles. The first-order chi connectivity index (χ1) is 20.8. The number of hydrogen-bond donors (Lipinski definition) is 2. The Morgan fingerprint density at radius 1 is 1.07 bits per heavy atom. The number of carbonyl (C=O) groups is 1. The Labute approximate surface area is 262 Å². The summed E-state index contributed by atoms with van der Waals surface area (Å²) in [6.45, 7) is 12.4. The van der Waals surface area contributed by atoms with Crippen LogP contribution in [0.2, 0.25) is 0 Å². The highest BCUT2D eigenvalue weighted by atomic mass is 32.2. The van der Waals surface area contributed by atoms with E-state index in [9.17, 15) is 14.6 Å². The van der Waals surface area contributed by atoms with Crippen LogP contribution in [0.15, 0.2) is 60.7 Å². The molecule has 2 heterocycles. The number of ether oxygens (including phenoxy) is 2. The van der Waals surface area contributed by atoms with Crippen molar-refractivity contribution in [2.45, 2.75) is 51.8 Å². The fourth-order valence-corrected chi connectivity index (χ4v) is 7.12. The zero-order valence-electron chi connectivity index (χ0n) is 26.5. The van der Waals surface area contributed by atoms with Crippen molar-refractivity contribution in [3.05, 3.63) is 93.9 Å². The number of nitrogens with one attached hydrogen (secondary N) is 2. The van der Waals surface area contributed by atoms with E-state index in [2.05, 4.69) is 10.3 Å². The molecule has 0 aliphatic carbocycles. The lowest BCUT2D eigenvalue weighted by Crippen LogP contribution is -2.62. The molecule has 1 aliphatic heterocycles. The van der Waals surface area contributed by atoms with Crippen molar-refractivity contribution < 1.29 is 23.6 Å². The Morgan fingerprint density at radius 3 is 2.32 bits per heavy atom. The SMILES string of the molecule is COc1ccc(-c2[nH]c(C)c(C(=O)Nc3cccc(C4(N(C)[S+]([O-])C(C)(C)C)COC4)c3)[n+]2[O-])cc1-c1c(C)cccc1C. The maximum atomic E-state index is 13.6. The maximum absolute atomic E-state index is 13.6. The van der Waals surface area contributed by atoms with Gasteiger partial charge in [0.1, 0.15) is 16.0 Å². The number of rotatable bonds is 8. The number of benzene rings is 3. The predicted molar refractivity (Wildman–Crippen MR) is 174 cm³/mol. The molecule has 10 heteroatoms. The van der Waals surface area contributed by atoms with E-state index in [0.717, 1.165) is 27.8 Å². The molecule has 5 rings (SSSR count). The summed E-state index contributed by atoms with van der Waals surface area (Å²) in [5, 5.41) is 16.5.